The van der Waals surface area contributed by atoms with E-state index in [2.05, 4.69) is 54.1 Å². The Morgan fingerprint density at radius 1 is 0.883 bits per heavy atom. The lowest BCUT2D eigenvalue weighted by Crippen LogP contribution is -2.54. The number of rotatable bonds is 11. The second-order valence-corrected chi connectivity index (χ2v) is 19.6. The third-order valence-corrected chi connectivity index (χ3v) is 15.6. The van der Waals surface area contributed by atoms with Gasteiger partial charge in [0.2, 0.25) is 11.9 Å². The largest absolute Gasteiger partial charge is 0.495 e. The van der Waals surface area contributed by atoms with Crippen molar-refractivity contribution in [2.45, 2.75) is 120 Å². The Morgan fingerprint density at radius 2 is 1.58 bits per heavy atom. The van der Waals surface area contributed by atoms with Crippen LogP contribution in [-0.2, 0) is 4.79 Å². The Morgan fingerprint density at radius 3 is 2.27 bits per heavy atom. The van der Waals surface area contributed by atoms with Gasteiger partial charge in [-0.3, -0.25) is 19.4 Å². The van der Waals surface area contributed by atoms with E-state index in [4.69, 9.17) is 20.4 Å². The number of nitrogens with one attached hydrogen (secondary N) is 2. The lowest BCUT2D eigenvalue weighted by molar-refractivity contribution is -0.123. The molecule has 14 nitrogen and oxygen atoms in total. The number of piperazine rings is 2. The third kappa shape index (κ3) is 9.00. The molecule has 60 heavy (non-hydrogen) atoms. The van der Waals surface area contributed by atoms with Crippen molar-refractivity contribution in [3.05, 3.63) is 30.0 Å². The number of nitrogens with zero attached hydrogens (tertiary/aromatic N) is 8. The summed E-state index contributed by atoms with van der Waals surface area (Å²) in [7, 11) is 6.05. The molecular formula is C46H71N11O3. The first-order valence-electron chi connectivity index (χ1n) is 23.5. The number of fused-ring (bicyclic) bond motifs is 1. The fraction of sp³-hybridized carbons (Fsp3) is 0.739. The minimum absolute atomic E-state index is 0.0692. The maximum atomic E-state index is 14.7. The molecule has 2 aromatic rings. The summed E-state index contributed by atoms with van der Waals surface area (Å²) in [5.74, 6) is 2.48. The number of likely N-dealkylation sites (N-methyl/N-ethyl adjacent to an activating group) is 2. The average Bonchev–Trinajstić information content (AvgIpc) is 3.87. The second kappa shape index (κ2) is 18.0. The molecule has 1 aromatic carbocycles. The predicted molar refractivity (Wildman–Crippen MR) is 237 cm³/mol. The molecular weight excluding hydrogens is 755 g/mol. The monoisotopic (exact) mass is 826 g/mol. The zero-order chi connectivity index (χ0) is 41.4. The molecule has 2 saturated heterocycles. The molecule has 4 saturated carbocycles. The highest BCUT2D eigenvalue weighted by Crippen LogP contribution is 2.53. The van der Waals surface area contributed by atoms with E-state index in [1.807, 2.05) is 24.4 Å². The van der Waals surface area contributed by atoms with Gasteiger partial charge in [-0.25, -0.2) is 4.98 Å². The first kappa shape index (κ1) is 41.8. The van der Waals surface area contributed by atoms with Gasteiger partial charge in [-0.2, -0.15) is 4.98 Å². The number of methoxy groups -OCH3 is 1. The Bertz CT molecular complexity index is 1810. The molecule has 6 fully saturated rings. The molecule has 328 valence electrons. The highest BCUT2D eigenvalue weighted by Gasteiger charge is 2.56. The van der Waals surface area contributed by atoms with Crippen LogP contribution in [0.4, 0.5) is 23.1 Å². The number of amides is 2. The molecule has 3 atom stereocenters. The highest BCUT2D eigenvalue weighted by atomic mass is 16.5. The third-order valence-electron chi connectivity index (χ3n) is 15.6. The van der Waals surface area contributed by atoms with Gasteiger partial charge < -0.3 is 40.7 Å². The van der Waals surface area contributed by atoms with Gasteiger partial charge in [-0.15, -0.1) is 0 Å². The number of hydrogen-bond acceptors (Lipinski definition) is 12. The van der Waals surface area contributed by atoms with Crippen molar-refractivity contribution in [1.82, 2.24) is 34.9 Å². The summed E-state index contributed by atoms with van der Waals surface area (Å²) in [6, 6.07) is 7.43. The van der Waals surface area contributed by atoms with Crippen LogP contribution in [0.15, 0.2) is 24.4 Å². The van der Waals surface area contributed by atoms with Crippen LogP contribution in [0.3, 0.4) is 0 Å². The number of anilines is 4. The van der Waals surface area contributed by atoms with Gasteiger partial charge in [0, 0.05) is 101 Å². The zero-order valence-corrected chi connectivity index (χ0v) is 36.6. The second-order valence-electron chi connectivity index (χ2n) is 19.6. The van der Waals surface area contributed by atoms with Crippen LogP contribution in [0.5, 0.6) is 5.75 Å². The lowest BCUT2D eigenvalue weighted by Gasteiger charge is -2.45. The molecule has 2 unspecified atom stereocenters. The van der Waals surface area contributed by atoms with Crippen molar-refractivity contribution < 1.29 is 14.3 Å². The van der Waals surface area contributed by atoms with Gasteiger partial charge in [-0.1, -0.05) is 12.8 Å². The first-order chi connectivity index (χ1) is 29.2. The molecule has 4 aliphatic carbocycles. The molecule has 3 aliphatic heterocycles. The minimum Gasteiger partial charge on any atom is -0.495 e. The fourth-order valence-electron chi connectivity index (χ4n) is 11.6. The van der Waals surface area contributed by atoms with Crippen LogP contribution in [-0.4, -0.2) is 158 Å². The minimum atomic E-state index is -0.361. The number of carbonyl (C=O) groups excluding carboxylic acids is 2. The van der Waals surface area contributed by atoms with Gasteiger partial charge in [0.25, 0.3) is 5.91 Å². The van der Waals surface area contributed by atoms with Gasteiger partial charge in [-0.05, 0) is 115 Å². The number of carbonyl (C=O) groups is 2. The zero-order valence-electron chi connectivity index (χ0n) is 36.6. The van der Waals surface area contributed by atoms with Gasteiger partial charge in [0.15, 0.2) is 5.82 Å². The van der Waals surface area contributed by atoms with Crippen LogP contribution in [0.2, 0.25) is 0 Å². The first-order valence-corrected chi connectivity index (χ1v) is 23.5. The SMILES string of the molecule is COc1cc(C(=O)NC2CCC(N3CCN(C)CC3)CC2)ccc1Nc1ncc2c(n1)N(C1CCCC1)CC1(CC1)C(=O)N2CCC1C[C@@H](N)CCC1N1CCN(C)CC1. The van der Waals surface area contributed by atoms with Gasteiger partial charge >= 0.3 is 0 Å². The molecule has 0 radical (unpaired) electrons. The Labute approximate surface area is 357 Å². The van der Waals surface area contributed by atoms with Crippen molar-refractivity contribution in [3.63, 3.8) is 0 Å². The maximum Gasteiger partial charge on any atom is 0.251 e. The van der Waals surface area contributed by atoms with E-state index in [0.29, 0.717) is 60.1 Å². The standard InChI is InChI=1S/C46H71N11O3/c1-52-20-24-54(25-21-52)36-12-10-35(11-13-36)49-43(58)33-8-14-38(41(29-33)60-3)50-45-48-30-40-42(51-45)57(37-6-4-5-7-37)31-46(17-18-46)44(59)56(40)19-16-32-28-34(47)9-15-39(32)55-26-22-53(2)23-27-55/h8,14,29-30,32,34-37,39H,4-7,9-13,15-28,31,47H2,1-3H3,(H,49,58)(H,48,50,51)/t32?,34-,35?,36?,39?/m0/s1. The van der Waals surface area contributed by atoms with Crippen LogP contribution in [0.25, 0.3) is 0 Å². The number of aromatic nitrogens is 2. The fourth-order valence-corrected chi connectivity index (χ4v) is 11.6. The Hall–Kier alpha value is -3.56. The van der Waals surface area contributed by atoms with E-state index >= 15 is 0 Å². The van der Waals surface area contributed by atoms with E-state index in [9.17, 15) is 9.59 Å². The van der Waals surface area contributed by atoms with E-state index in [0.717, 1.165) is 141 Å². The summed E-state index contributed by atoms with van der Waals surface area (Å²) in [6.07, 6.45) is 16.7. The maximum absolute atomic E-state index is 14.7. The molecule has 1 aromatic heterocycles. The summed E-state index contributed by atoms with van der Waals surface area (Å²) in [6.45, 7) is 10.3. The Balaban J connectivity index is 0.913. The van der Waals surface area contributed by atoms with Crippen molar-refractivity contribution in [1.29, 1.82) is 0 Å². The predicted octanol–water partition coefficient (Wildman–Crippen LogP) is 4.53. The quantitative estimate of drug-likeness (QED) is 0.294. The lowest BCUT2D eigenvalue weighted by atomic mass is 9.78. The molecule has 4 N–H and O–H groups in total. The number of benzene rings is 1. The summed E-state index contributed by atoms with van der Waals surface area (Å²) in [4.78, 5) is 53.1. The van der Waals surface area contributed by atoms with E-state index in [1.165, 1.54) is 12.8 Å². The van der Waals surface area contributed by atoms with Gasteiger partial charge in [0.1, 0.15) is 11.4 Å². The van der Waals surface area contributed by atoms with Crippen molar-refractivity contribution in [2.75, 3.05) is 102 Å². The molecule has 0 bridgehead atoms. The van der Waals surface area contributed by atoms with Crippen LogP contribution < -0.4 is 30.9 Å². The van der Waals surface area contributed by atoms with Crippen LogP contribution in [0.1, 0.15) is 100 Å². The van der Waals surface area contributed by atoms with E-state index < -0.39 is 0 Å². The highest BCUT2D eigenvalue weighted by molar-refractivity contribution is 6.03. The summed E-state index contributed by atoms with van der Waals surface area (Å²) < 4.78 is 5.86. The summed E-state index contributed by atoms with van der Waals surface area (Å²) in [5.41, 5.74) is 8.37. The van der Waals surface area contributed by atoms with Crippen molar-refractivity contribution >= 4 is 35.0 Å². The molecule has 4 heterocycles. The molecule has 7 aliphatic rings. The molecule has 1 spiro atoms. The average molecular weight is 826 g/mol. The van der Waals surface area contributed by atoms with Crippen molar-refractivity contribution in [2.24, 2.45) is 17.1 Å². The van der Waals surface area contributed by atoms with E-state index in [-0.39, 0.29) is 29.3 Å². The van der Waals surface area contributed by atoms with Crippen LogP contribution >= 0.6 is 0 Å². The summed E-state index contributed by atoms with van der Waals surface area (Å²) >= 11 is 0. The summed E-state index contributed by atoms with van der Waals surface area (Å²) in [5, 5.41) is 6.76. The van der Waals surface area contributed by atoms with Crippen LogP contribution in [0, 0.1) is 11.3 Å². The van der Waals surface area contributed by atoms with Gasteiger partial charge in [0.05, 0.1) is 24.4 Å². The number of nitrogens with two attached hydrogens (primary N) is 1. The number of ether oxygens (including phenoxy) is 1. The normalized spacial score (nSPS) is 29.7. The Kier molecular flexibility index (Phi) is 12.6. The molecule has 2 amide bonds. The van der Waals surface area contributed by atoms with Crippen molar-refractivity contribution in [3.8, 4) is 5.75 Å². The smallest absolute Gasteiger partial charge is 0.251 e. The molecule has 9 rings (SSSR count). The number of hydrogen-bond donors (Lipinski definition) is 3. The molecule has 14 heteroatoms. The topological polar surface area (TPSA) is 139 Å². The van der Waals surface area contributed by atoms with E-state index in [1.54, 1.807) is 7.11 Å².